The Morgan fingerprint density at radius 3 is 2.09 bits per heavy atom. The van der Waals surface area contributed by atoms with Crippen LogP contribution >= 0.6 is 0 Å². The van der Waals surface area contributed by atoms with Crippen molar-refractivity contribution in [2.24, 2.45) is 17.8 Å². The number of hydrogen-bond acceptors (Lipinski definition) is 14. The summed E-state index contributed by atoms with van der Waals surface area (Å²) in [6.45, 7) is 18.0. The molecule has 0 aromatic carbocycles. The van der Waals surface area contributed by atoms with Crippen LogP contribution in [0.2, 0.25) is 0 Å². The molecular weight excluding hydrogens is 692 g/mol. The van der Waals surface area contributed by atoms with Crippen molar-refractivity contribution in [3.8, 4) is 0 Å². The maximum atomic E-state index is 14.2. The standard InChI is InChI=1S/C38H72N2O12.H2O/c1-15-27-38(10,46)31(42)24(6)40(13)19-20(2)17-36(8,45)33(52-35-29(41)26(39(11)12)16-21(3)48-35)22(4)30(23(5)34(44)50-27)51-28-18-37(9,47-14)32(43)25(7)49-28;/h20-33,35,41-43,45-46H,15-19H2,1-14H3;1H2/t20-,21-,22+,23-,24-,25+,26+,27-,28+,29-,30+,31-,32+,33-,35+,36-,37-,38-;/m1./s1. The minimum Gasteiger partial charge on any atom is -0.459 e. The van der Waals surface area contributed by atoms with Crippen LogP contribution in [-0.4, -0.2) is 172 Å². The lowest BCUT2D eigenvalue weighted by Crippen LogP contribution is -2.60. The third kappa shape index (κ3) is 10.9. The first-order valence-corrected chi connectivity index (χ1v) is 19.1. The van der Waals surface area contributed by atoms with E-state index in [1.54, 1.807) is 41.5 Å². The molecule has 0 bridgehead atoms. The van der Waals surface area contributed by atoms with Gasteiger partial charge in [0.05, 0.1) is 41.5 Å². The summed E-state index contributed by atoms with van der Waals surface area (Å²) >= 11 is 0. The van der Waals surface area contributed by atoms with Crippen molar-refractivity contribution >= 4 is 5.97 Å². The average molecular weight is 767 g/mol. The molecule has 0 aromatic heterocycles. The molecule has 3 aliphatic rings. The van der Waals surface area contributed by atoms with Crippen LogP contribution in [-0.2, 0) is 33.2 Å². The van der Waals surface area contributed by atoms with Crippen LogP contribution in [0.5, 0.6) is 0 Å². The second-order valence-corrected chi connectivity index (χ2v) is 17.2. The zero-order chi connectivity index (χ0) is 39.7. The van der Waals surface area contributed by atoms with E-state index in [0.29, 0.717) is 13.0 Å². The summed E-state index contributed by atoms with van der Waals surface area (Å²) < 4.78 is 37.5. The number of carbonyl (C=O) groups excluding carboxylic acids is 1. The first kappa shape index (κ1) is 48.1. The SMILES string of the molecule is CC[C@H]1OC(=O)[C@H](C)[C@@H](O[C@H]2C[C@@](C)(OC)[C@@H](O)[C@H](C)O2)[C@H](C)[C@@H](O[C@@H]2O[C@H](C)C[C@H](N(C)C)[C@H]2O)[C@](C)(O)C[C@@H](C)CN(C)[C@H](C)[C@@H](O)[C@]1(C)O.O. The van der Waals surface area contributed by atoms with E-state index >= 15 is 0 Å². The maximum Gasteiger partial charge on any atom is 0.311 e. The molecular formula is C38H74N2O13. The average Bonchev–Trinajstić information content (AvgIpc) is 3.05. The number of hydrogen-bond donors (Lipinski definition) is 5. The smallest absolute Gasteiger partial charge is 0.311 e. The number of methoxy groups -OCH3 is 1. The number of cyclic esters (lactones) is 1. The fraction of sp³-hybridized carbons (Fsp3) is 0.974. The highest BCUT2D eigenvalue weighted by Crippen LogP contribution is 2.40. The highest BCUT2D eigenvalue weighted by Gasteiger charge is 2.52. The molecule has 7 N–H and O–H groups in total. The molecule has 0 amide bonds. The predicted molar refractivity (Wildman–Crippen MR) is 198 cm³/mol. The van der Waals surface area contributed by atoms with Crippen molar-refractivity contribution in [3.63, 3.8) is 0 Å². The van der Waals surface area contributed by atoms with Crippen LogP contribution in [0.25, 0.3) is 0 Å². The molecule has 0 saturated carbocycles. The van der Waals surface area contributed by atoms with Gasteiger partial charge in [-0.15, -0.1) is 0 Å². The third-order valence-corrected chi connectivity index (χ3v) is 12.2. The van der Waals surface area contributed by atoms with Gasteiger partial charge in [0.15, 0.2) is 12.6 Å². The Morgan fingerprint density at radius 2 is 1.55 bits per heavy atom. The molecule has 0 spiro atoms. The van der Waals surface area contributed by atoms with Crippen molar-refractivity contribution in [2.75, 3.05) is 34.8 Å². The Hall–Kier alpha value is -1.05. The molecule has 15 heteroatoms. The number of likely N-dealkylation sites (N-methyl/N-ethyl adjacent to an activating group) is 2. The van der Waals surface area contributed by atoms with E-state index in [1.165, 1.54) is 14.0 Å². The Balaban J connectivity index is 0.00000972. The number of nitrogens with zero attached hydrogens (tertiary/aromatic N) is 2. The topological polar surface area (TPSA) is 212 Å². The lowest BCUT2D eigenvalue weighted by molar-refractivity contribution is -0.318. The van der Waals surface area contributed by atoms with Crippen molar-refractivity contribution in [2.45, 2.75) is 185 Å². The fourth-order valence-corrected chi connectivity index (χ4v) is 8.74. The van der Waals surface area contributed by atoms with E-state index in [1.807, 2.05) is 51.7 Å². The first-order valence-electron chi connectivity index (χ1n) is 19.1. The number of aliphatic hydroxyl groups excluding tert-OH is 3. The second-order valence-electron chi connectivity index (χ2n) is 17.2. The molecule has 3 heterocycles. The van der Waals surface area contributed by atoms with E-state index < -0.39 is 96.0 Å². The predicted octanol–water partition coefficient (Wildman–Crippen LogP) is 1.08. The highest BCUT2D eigenvalue weighted by molar-refractivity contribution is 5.73. The molecule has 3 rings (SSSR count). The lowest BCUT2D eigenvalue weighted by atomic mass is 9.77. The van der Waals surface area contributed by atoms with Gasteiger partial charge in [0.25, 0.3) is 0 Å². The van der Waals surface area contributed by atoms with Crippen molar-refractivity contribution in [1.29, 1.82) is 0 Å². The van der Waals surface area contributed by atoms with Crippen LogP contribution in [0.1, 0.15) is 94.9 Å². The Labute approximate surface area is 317 Å². The summed E-state index contributed by atoms with van der Waals surface area (Å²) in [6.07, 6.45) is -8.19. The van der Waals surface area contributed by atoms with Gasteiger partial charge in [-0.2, -0.15) is 0 Å². The van der Waals surface area contributed by atoms with Gasteiger partial charge in [0.2, 0.25) is 0 Å². The van der Waals surface area contributed by atoms with Crippen molar-refractivity contribution < 1.29 is 64.2 Å². The van der Waals surface area contributed by atoms with Gasteiger partial charge in [-0.3, -0.25) is 4.79 Å². The van der Waals surface area contributed by atoms with E-state index in [4.69, 9.17) is 28.4 Å². The minimum atomic E-state index is -1.80. The molecule has 3 fully saturated rings. The maximum absolute atomic E-state index is 14.2. The monoisotopic (exact) mass is 767 g/mol. The van der Waals surface area contributed by atoms with Crippen LogP contribution in [0.4, 0.5) is 0 Å². The summed E-state index contributed by atoms with van der Waals surface area (Å²) in [7, 11) is 7.12. The number of carbonyl (C=O) groups is 1. The summed E-state index contributed by atoms with van der Waals surface area (Å²) in [5.41, 5.74) is -4.37. The van der Waals surface area contributed by atoms with E-state index in [0.717, 1.165) is 0 Å². The molecule has 0 aliphatic carbocycles. The number of ether oxygens (including phenoxy) is 6. The van der Waals surface area contributed by atoms with Gasteiger partial charge in [-0.05, 0) is 94.8 Å². The molecule has 53 heavy (non-hydrogen) atoms. The lowest BCUT2D eigenvalue weighted by Gasteiger charge is -2.48. The highest BCUT2D eigenvalue weighted by atomic mass is 16.7. The summed E-state index contributed by atoms with van der Waals surface area (Å²) in [4.78, 5) is 18.0. The van der Waals surface area contributed by atoms with Gasteiger partial charge in [-0.25, -0.2) is 0 Å². The normalized spacial score (nSPS) is 48.7. The molecule has 314 valence electrons. The molecule has 3 saturated heterocycles. The number of rotatable bonds is 7. The van der Waals surface area contributed by atoms with Gasteiger partial charge in [-0.1, -0.05) is 20.8 Å². The fourth-order valence-electron chi connectivity index (χ4n) is 8.74. The van der Waals surface area contributed by atoms with Crippen LogP contribution in [0.3, 0.4) is 0 Å². The molecule has 15 nitrogen and oxygen atoms in total. The van der Waals surface area contributed by atoms with Crippen LogP contribution in [0, 0.1) is 17.8 Å². The molecule has 18 atom stereocenters. The Bertz CT molecular complexity index is 1150. The third-order valence-electron chi connectivity index (χ3n) is 12.2. The van der Waals surface area contributed by atoms with Gasteiger partial charge in [0.1, 0.15) is 30.0 Å². The number of esters is 1. The zero-order valence-electron chi connectivity index (χ0n) is 34.7. The quantitative estimate of drug-likeness (QED) is 0.230. The van der Waals surface area contributed by atoms with Gasteiger partial charge >= 0.3 is 5.97 Å². The van der Waals surface area contributed by atoms with Crippen LogP contribution in [0.15, 0.2) is 0 Å². The van der Waals surface area contributed by atoms with Gasteiger partial charge < -0.3 is 69.2 Å². The molecule has 0 aromatic rings. The van der Waals surface area contributed by atoms with E-state index in [2.05, 4.69) is 0 Å². The van der Waals surface area contributed by atoms with Crippen LogP contribution < -0.4 is 0 Å². The van der Waals surface area contributed by atoms with Crippen molar-refractivity contribution in [1.82, 2.24) is 9.80 Å². The Kier molecular flexibility index (Phi) is 17.2. The van der Waals surface area contributed by atoms with E-state index in [-0.39, 0.29) is 42.8 Å². The second kappa shape index (κ2) is 18.9. The molecule has 0 radical (unpaired) electrons. The minimum absolute atomic E-state index is 0. The zero-order valence-corrected chi connectivity index (χ0v) is 34.7. The summed E-state index contributed by atoms with van der Waals surface area (Å²) in [6, 6.07) is -0.808. The van der Waals surface area contributed by atoms with Crippen molar-refractivity contribution in [3.05, 3.63) is 0 Å². The number of aliphatic hydroxyl groups is 5. The largest absolute Gasteiger partial charge is 0.459 e. The van der Waals surface area contributed by atoms with E-state index in [9.17, 15) is 30.3 Å². The summed E-state index contributed by atoms with van der Waals surface area (Å²) in [5, 5.41) is 58.1. The summed E-state index contributed by atoms with van der Waals surface area (Å²) in [5.74, 6) is -2.58. The Morgan fingerprint density at radius 1 is 0.943 bits per heavy atom. The molecule has 0 unspecified atom stereocenters. The molecule has 3 aliphatic heterocycles. The van der Waals surface area contributed by atoms with Gasteiger partial charge in [0, 0.05) is 38.1 Å². The first-order chi connectivity index (χ1) is 23.9.